The summed E-state index contributed by atoms with van der Waals surface area (Å²) in [5, 5.41) is 7.61. The molecule has 0 saturated carbocycles. The summed E-state index contributed by atoms with van der Waals surface area (Å²) in [6, 6.07) is 6.36. The first-order valence-corrected chi connectivity index (χ1v) is 7.58. The van der Waals surface area contributed by atoms with Crippen molar-refractivity contribution < 1.29 is 4.74 Å². The van der Waals surface area contributed by atoms with E-state index < -0.39 is 0 Å². The zero-order valence-corrected chi connectivity index (χ0v) is 13.6. The van der Waals surface area contributed by atoms with Gasteiger partial charge in [0.1, 0.15) is 5.75 Å². The van der Waals surface area contributed by atoms with Crippen LogP contribution in [-0.2, 0) is 7.05 Å². The Bertz CT molecular complexity index is 568. The molecule has 5 heteroatoms. The molecule has 1 aromatic heterocycles. The van der Waals surface area contributed by atoms with E-state index >= 15 is 0 Å². The second-order valence-corrected chi connectivity index (χ2v) is 5.73. The number of benzene rings is 1. The van der Waals surface area contributed by atoms with Crippen molar-refractivity contribution >= 4 is 15.9 Å². The van der Waals surface area contributed by atoms with Gasteiger partial charge in [0, 0.05) is 23.1 Å². The third-order valence-corrected chi connectivity index (χ3v) is 3.54. The highest BCUT2D eigenvalue weighted by atomic mass is 79.9. The number of rotatable bonds is 6. The van der Waals surface area contributed by atoms with Gasteiger partial charge in [0.25, 0.3) is 0 Å². The lowest BCUT2D eigenvalue weighted by Crippen LogP contribution is -2.19. The fourth-order valence-electron chi connectivity index (χ4n) is 2.00. The van der Waals surface area contributed by atoms with E-state index in [2.05, 4.69) is 46.3 Å². The van der Waals surface area contributed by atoms with Crippen LogP contribution in [-0.4, -0.2) is 16.3 Å². The lowest BCUT2D eigenvalue weighted by Gasteiger charge is -2.17. The Morgan fingerprint density at radius 2 is 2.25 bits per heavy atom. The molecule has 1 aromatic carbocycles. The Labute approximate surface area is 128 Å². The minimum Gasteiger partial charge on any atom is -0.454 e. The van der Waals surface area contributed by atoms with Crippen molar-refractivity contribution in [3.63, 3.8) is 0 Å². The van der Waals surface area contributed by atoms with Crippen LogP contribution in [0.3, 0.4) is 0 Å². The van der Waals surface area contributed by atoms with Crippen LogP contribution < -0.4 is 10.1 Å². The molecule has 1 unspecified atom stereocenters. The molecule has 0 aliphatic rings. The molecule has 4 nitrogen and oxygen atoms in total. The Morgan fingerprint density at radius 3 is 2.90 bits per heavy atom. The smallest absolute Gasteiger partial charge is 0.165 e. The van der Waals surface area contributed by atoms with Crippen LogP contribution in [0.4, 0.5) is 0 Å². The molecule has 20 heavy (non-hydrogen) atoms. The first-order valence-electron chi connectivity index (χ1n) is 6.79. The molecule has 0 fully saturated rings. The van der Waals surface area contributed by atoms with Crippen LogP contribution in [0.1, 0.15) is 31.9 Å². The third-order valence-electron chi connectivity index (χ3n) is 3.05. The number of aromatic nitrogens is 2. The minimum absolute atomic E-state index is 0.245. The van der Waals surface area contributed by atoms with Gasteiger partial charge in [0.05, 0.1) is 12.4 Å². The Morgan fingerprint density at radius 1 is 1.45 bits per heavy atom. The molecule has 0 amide bonds. The monoisotopic (exact) mass is 337 g/mol. The van der Waals surface area contributed by atoms with Gasteiger partial charge in [-0.2, -0.15) is 5.10 Å². The van der Waals surface area contributed by atoms with Crippen LogP contribution in [0.25, 0.3) is 0 Å². The van der Waals surface area contributed by atoms with Gasteiger partial charge in [-0.1, -0.05) is 28.9 Å². The zero-order chi connectivity index (χ0) is 14.5. The lowest BCUT2D eigenvalue weighted by molar-refractivity contribution is 0.460. The highest BCUT2D eigenvalue weighted by Crippen LogP contribution is 2.32. The molecule has 0 spiro atoms. The maximum Gasteiger partial charge on any atom is 0.165 e. The molecule has 0 saturated heterocycles. The fourth-order valence-corrected chi connectivity index (χ4v) is 2.34. The summed E-state index contributed by atoms with van der Waals surface area (Å²) < 4.78 is 8.69. The minimum atomic E-state index is 0.245. The van der Waals surface area contributed by atoms with Crippen molar-refractivity contribution in [2.45, 2.75) is 26.3 Å². The predicted octanol–water partition coefficient (Wildman–Crippen LogP) is 4.04. The van der Waals surface area contributed by atoms with E-state index in [-0.39, 0.29) is 6.04 Å². The normalized spacial score (nSPS) is 12.4. The van der Waals surface area contributed by atoms with E-state index in [1.165, 1.54) is 0 Å². The molecule has 108 valence electrons. The van der Waals surface area contributed by atoms with Crippen molar-refractivity contribution in [1.82, 2.24) is 15.1 Å². The summed E-state index contributed by atoms with van der Waals surface area (Å²) in [5.74, 6) is 1.60. The van der Waals surface area contributed by atoms with Crippen molar-refractivity contribution in [3.8, 4) is 11.5 Å². The van der Waals surface area contributed by atoms with Crippen LogP contribution in [0.15, 0.2) is 35.1 Å². The Kier molecular flexibility index (Phi) is 5.20. The number of hydrogen-bond acceptors (Lipinski definition) is 3. The summed E-state index contributed by atoms with van der Waals surface area (Å²) in [4.78, 5) is 0. The SMILES string of the molecule is CCCNC(C)c1ccc(Br)cc1Oc1cnn(C)c1. The van der Waals surface area contributed by atoms with Crippen molar-refractivity contribution in [3.05, 3.63) is 40.6 Å². The van der Waals surface area contributed by atoms with Crippen LogP contribution in [0.5, 0.6) is 11.5 Å². The number of aryl methyl sites for hydroxylation is 1. The molecule has 1 N–H and O–H groups in total. The van der Waals surface area contributed by atoms with Gasteiger partial charge in [-0.25, -0.2) is 0 Å². The van der Waals surface area contributed by atoms with E-state index in [9.17, 15) is 0 Å². The molecular weight excluding hydrogens is 318 g/mol. The number of nitrogens with one attached hydrogen (secondary N) is 1. The molecule has 2 aromatic rings. The highest BCUT2D eigenvalue weighted by molar-refractivity contribution is 9.10. The number of hydrogen-bond donors (Lipinski definition) is 1. The van der Waals surface area contributed by atoms with Crippen molar-refractivity contribution in [1.29, 1.82) is 0 Å². The lowest BCUT2D eigenvalue weighted by atomic mass is 10.1. The molecule has 0 bridgehead atoms. The van der Waals surface area contributed by atoms with E-state index in [1.807, 2.05) is 25.4 Å². The standard InChI is InChI=1S/C15H20BrN3O/c1-4-7-17-11(2)14-6-5-12(16)8-15(14)20-13-9-18-19(3)10-13/h5-6,8-11,17H,4,7H2,1-3H3. The second-order valence-electron chi connectivity index (χ2n) is 4.81. The van der Waals surface area contributed by atoms with E-state index in [4.69, 9.17) is 4.74 Å². The van der Waals surface area contributed by atoms with Gasteiger partial charge in [-0.15, -0.1) is 0 Å². The molecular formula is C15H20BrN3O. The van der Waals surface area contributed by atoms with E-state index in [0.717, 1.165) is 34.5 Å². The molecule has 2 rings (SSSR count). The molecule has 0 aliphatic heterocycles. The average molecular weight is 338 g/mol. The van der Waals surface area contributed by atoms with Gasteiger partial charge in [0.2, 0.25) is 0 Å². The van der Waals surface area contributed by atoms with Crippen LogP contribution in [0.2, 0.25) is 0 Å². The van der Waals surface area contributed by atoms with E-state index in [1.54, 1.807) is 10.9 Å². The Hall–Kier alpha value is -1.33. The topological polar surface area (TPSA) is 39.1 Å². The van der Waals surface area contributed by atoms with Crippen LogP contribution >= 0.6 is 15.9 Å². The first kappa shape index (κ1) is 15.1. The van der Waals surface area contributed by atoms with Gasteiger partial charge in [0.15, 0.2) is 5.75 Å². The van der Waals surface area contributed by atoms with Gasteiger partial charge < -0.3 is 10.1 Å². The maximum atomic E-state index is 5.96. The maximum absolute atomic E-state index is 5.96. The van der Waals surface area contributed by atoms with Gasteiger partial charge in [-0.05, 0) is 32.0 Å². The summed E-state index contributed by atoms with van der Waals surface area (Å²) in [6.45, 7) is 5.30. The molecule has 0 radical (unpaired) electrons. The largest absolute Gasteiger partial charge is 0.454 e. The molecule has 1 heterocycles. The number of ether oxygens (including phenoxy) is 1. The van der Waals surface area contributed by atoms with Gasteiger partial charge >= 0.3 is 0 Å². The highest BCUT2D eigenvalue weighted by Gasteiger charge is 2.13. The predicted molar refractivity (Wildman–Crippen MR) is 84.1 cm³/mol. The zero-order valence-electron chi connectivity index (χ0n) is 12.1. The van der Waals surface area contributed by atoms with Gasteiger partial charge in [-0.3, -0.25) is 4.68 Å². The summed E-state index contributed by atoms with van der Waals surface area (Å²) in [5.41, 5.74) is 1.14. The number of halogens is 1. The summed E-state index contributed by atoms with van der Waals surface area (Å²) in [7, 11) is 1.88. The first-order chi connectivity index (χ1) is 9.60. The van der Waals surface area contributed by atoms with Crippen molar-refractivity contribution in [2.24, 2.45) is 7.05 Å². The molecule has 1 atom stereocenters. The summed E-state index contributed by atoms with van der Waals surface area (Å²) in [6.07, 6.45) is 4.68. The fraction of sp³-hybridized carbons (Fsp3) is 0.400. The van der Waals surface area contributed by atoms with Crippen LogP contribution in [0, 0.1) is 0 Å². The molecule has 0 aliphatic carbocycles. The summed E-state index contributed by atoms with van der Waals surface area (Å²) >= 11 is 3.50. The number of nitrogens with zero attached hydrogens (tertiary/aromatic N) is 2. The Balaban J connectivity index is 2.23. The van der Waals surface area contributed by atoms with Crippen molar-refractivity contribution in [2.75, 3.05) is 6.54 Å². The second kappa shape index (κ2) is 6.90. The van der Waals surface area contributed by atoms with E-state index in [0.29, 0.717) is 0 Å². The average Bonchev–Trinajstić information content (AvgIpc) is 2.81. The third kappa shape index (κ3) is 3.84. The quantitative estimate of drug-likeness (QED) is 0.864.